The van der Waals surface area contributed by atoms with Crippen molar-refractivity contribution in [3.8, 4) is 28.4 Å². The van der Waals surface area contributed by atoms with Gasteiger partial charge in [-0.15, -0.1) is 0 Å². The van der Waals surface area contributed by atoms with E-state index >= 15 is 0 Å². The molecule has 0 amide bonds. The number of unbranched alkanes of at least 4 members (excludes halogenated alkanes) is 2. The Kier molecular flexibility index (Phi) is 7.72. The Bertz CT molecular complexity index is 1100. The third kappa shape index (κ3) is 5.39. The van der Waals surface area contributed by atoms with Gasteiger partial charge in [0.05, 0.1) is 6.61 Å². The number of rotatable bonds is 9. The van der Waals surface area contributed by atoms with Gasteiger partial charge in [0, 0.05) is 29.3 Å². The van der Waals surface area contributed by atoms with Crippen LogP contribution in [0.4, 0.5) is 22.0 Å². The van der Waals surface area contributed by atoms with E-state index in [-0.39, 0.29) is 35.0 Å². The monoisotopic (exact) mass is 450 g/mol. The molecule has 0 atom stereocenters. The number of benzene rings is 3. The van der Waals surface area contributed by atoms with E-state index in [2.05, 4.69) is 6.92 Å². The standard InChI is InChI=1S/C25H23F5O2/c1-3-5-6-7-15-8-9-18(20(26)10-15)19-11-16(12-21(27)24(19)29)32-17-13-22(28)25(30)23(14-17)31-4-2/h8-14H,3-7H2,1-2H3. The fourth-order valence-corrected chi connectivity index (χ4v) is 3.33. The molecule has 7 heteroatoms. The molecule has 3 rings (SSSR count). The first kappa shape index (κ1) is 23.6. The van der Waals surface area contributed by atoms with Crippen LogP contribution >= 0.6 is 0 Å². The third-order valence-corrected chi connectivity index (χ3v) is 4.90. The predicted octanol–water partition coefficient (Wildman–Crippen LogP) is 7.97. The van der Waals surface area contributed by atoms with Gasteiger partial charge in [0.25, 0.3) is 0 Å². The molecule has 32 heavy (non-hydrogen) atoms. The fraction of sp³-hybridized carbons (Fsp3) is 0.280. The van der Waals surface area contributed by atoms with Gasteiger partial charge in [0.15, 0.2) is 23.2 Å². The van der Waals surface area contributed by atoms with Gasteiger partial charge in [-0.1, -0.05) is 31.9 Å². The summed E-state index contributed by atoms with van der Waals surface area (Å²) in [5, 5.41) is 0. The lowest BCUT2D eigenvalue weighted by atomic mass is 9.99. The van der Waals surface area contributed by atoms with Crippen LogP contribution in [0.1, 0.15) is 38.7 Å². The lowest BCUT2D eigenvalue weighted by molar-refractivity contribution is 0.311. The summed E-state index contributed by atoms with van der Waals surface area (Å²) < 4.78 is 81.5. The Morgan fingerprint density at radius 3 is 2.03 bits per heavy atom. The maximum absolute atomic E-state index is 14.7. The van der Waals surface area contributed by atoms with E-state index in [1.54, 1.807) is 13.0 Å². The molecule has 0 aliphatic heterocycles. The second-order valence-electron chi connectivity index (χ2n) is 7.29. The Labute approximate surface area is 183 Å². The molecule has 0 saturated heterocycles. The van der Waals surface area contributed by atoms with Crippen molar-refractivity contribution >= 4 is 0 Å². The highest BCUT2D eigenvalue weighted by Crippen LogP contribution is 2.35. The van der Waals surface area contributed by atoms with Crippen LogP contribution in [0.5, 0.6) is 17.2 Å². The Morgan fingerprint density at radius 1 is 0.688 bits per heavy atom. The number of hydrogen-bond acceptors (Lipinski definition) is 2. The predicted molar refractivity (Wildman–Crippen MR) is 113 cm³/mol. The van der Waals surface area contributed by atoms with Gasteiger partial charge in [-0.25, -0.2) is 17.6 Å². The van der Waals surface area contributed by atoms with Crippen molar-refractivity contribution in [1.29, 1.82) is 0 Å². The van der Waals surface area contributed by atoms with Crippen molar-refractivity contribution in [3.05, 3.63) is 77.1 Å². The molecule has 170 valence electrons. The summed E-state index contributed by atoms with van der Waals surface area (Å²) >= 11 is 0. The third-order valence-electron chi connectivity index (χ3n) is 4.90. The molecule has 0 bridgehead atoms. The van der Waals surface area contributed by atoms with Gasteiger partial charge in [-0.05, 0) is 37.5 Å². The van der Waals surface area contributed by atoms with E-state index in [0.717, 1.165) is 49.1 Å². The second kappa shape index (κ2) is 10.5. The summed E-state index contributed by atoms with van der Waals surface area (Å²) in [6, 6.07) is 8.07. The lowest BCUT2D eigenvalue weighted by Crippen LogP contribution is -1.99. The first-order valence-electron chi connectivity index (χ1n) is 10.4. The van der Waals surface area contributed by atoms with Crippen molar-refractivity contribution in [2.45, 2.75) is 39.5 Å². The number of ether oxygens (including phenoxy) is 2. The molecule has 0 aliphatic rings. The van der Waals surface area contributed by atoms with Crippen molar-refractivity contribution < 1.29 is 31.4 Å². The van der Waals surface area contributed by atoms with Crippen molar-refractivity contribution in [2.24, 2.45) is 0 Å². The molecule has 0 aliphatic carbocycles. The maximum atomic E-state index is 14.7. The first-order valence-corrected chi connectivity index (χ1v) is 10.4. The lowest BCUT2D eigenvalue weighted by Gasteiger charge is -2.13. The number of hydrogen-bond donors (Lipinski definition) is 0. The van der Waals surface area contributed by atoms with Crippen LogP contribution in [0.15, 0.2) is 42.5 Å². The van der Waals surface area contributed by atoms with Crippen LogP contribution < -0.4 is 9.47 Å². The van der Waals surface area contributed by atoms with Crippen LogP contribution in [-0.2, 0) is 6.42 Å². The van der Waals surface area contributed by atoms with Crippen LogP contribution in [0.2, 0.25) is 0 Å². The minimum Gasteiger partial charge on any atom is -0.491 e. The zero-order valence-electron chi connectivity index (χ0n) is 17.8. The van der Waals surface area contributed by atoms with E-state index in [1.165, 1.54) is 12.1 Å². The van der Waals surface area contributed by atoms with E-state index in [9.17, 15) is 22.0 Å². The van der Waals surface area contributed by atoms with Crippen LogP contribution in [0.3, 0.4) is 0 Å². The average molecular weight is 450 g/mol. The zero-order valence-corrected chi connectivity index (χ0v) is 17.8. The van der Waals surface area contributed by atoms with Crippen LogP contribution in [0.25, 0.3) is 11.1 Å². The SMILES string of the molecule is CCCCCc1ccc(-c2cc(Oc3cc(F)c(F)c(OCC)c3)cc(F)c2F)c(F)c1. The summed E-state index contributed by atoms with van der Waals surface area (Å²) in [6.07, 6.45) is 3.63. The summed E-state index contributed by atoms with van der Waals surface area (Å²) in [7, 11) is 0. The largest absolute Gasteiger partial charge is 0.491 e. The molecule has 3 aromatic rings. The molecule has 0 radical (unpaired) electrons. The summed E-state index contributed by atoms with van der Waals surface area (Å²) in [6.45, 7) is 3.74. The number of aryl methyl sites for hydroxylation is 1. The molecule has 0 saturated carbocycles. The molecule has 0 heterocycles. The molecule has 0 unspecified atom stereocenters. The minimum atomic E-state index is -1.27. The van der Waals surface area contributed by atoms with Crippen molar-refractivity contribution in [3.63, 3.8) is 0 Å². The molecular formula is C25H23F5O2. The Hall–Kier alpha value is -3.09. The van der Waals surface area contributed by atoms with Gasteiger partial charge >= 0.3 is 0 Å². The second-order valence-corrected chi connectivity index (χ2v) is 7.29. The molecule has 3 aromatic carbocycles. The minimum absolute atomic E-state index is 0.0862. The quantitative estimate of drug-likeness (QED) is 0.243. The topological polar surface area (TPSA) is 18.5 Å². The van der Waals surface area contributed by atoms with Crippen LogP contribution in [-0.4, -0.2) is 6.61 Å². The van der Waals surface area contributed by atoms with Gasteiger partial charge in [0.2, 0.25) is 5.82 Å². The average Bonchev–Trinajstić information content (AvgIpc) is 2.75. The smallest absolute Gasteiger partial charge is 0.200 e. The molecule has 0 N–H and O–H groups in total. The normalized spacial score (nSPS) is 11.0. The van der Waals surface area contributed by atoms with E-state index in [1.807, 2.05) is 0 Å². The maximum Gasteiger partial charge on any atom is 0.200 e. The number of halogens is 5. The molecule has 2 nitrogen and oxygen atoms in total. The molecular weight excluding hydrogens is 427 g/mol. The highest BCUT2D eigenvalue weighted by molar-refractivity contribution is 5.67. The summed E-state index contributed by atoms with van der Waals surface area (Å²) in [5.74, 6) is -6.39. The van der Waals surface area contributed by atoms with E-state index in [0.29, 0.717) is 6.42 Å². The summed E-state index contributed by atoms with van der Waals surface area (Å²) in [4.78, 5) is 0. The van der Waals surface area contributed by atoms with Crippen molar-refractivity contribution in [1.82, 2.24) is 0 Å². The highest BCUT2D eigenvalue weighted by atomic mass is 19.2. The summed E-state index contributed by atoms with van der Waals surface area (Å²) in [5.41, 5.74) is 0.287. The molecule has 0 fully saturated rings. The van der Waals surface area contributed by atoms with E-state index in [4.69, 9.17) is 9.47 Å². The van der Waals surface area contributed by atoms with Gasteiger partial charge in [0.1, 0.15) is 17.3 Å². The van der Waals surface area contributed by atoms with E-state index < -0.39 is 29.1 Å². The zero-order chi connectivity index (χ0) is 23.3. The highest BCUT2D eigenvalue weighted by Gasteiger charge is 2.18. The van der Waals surface area contributed by atoms with Gasteiger partial charge < -0.3 is 9.47 Å². The van der Waals surface area contributed by atoms with Gasteiger partial charge in [-0.3, -0.25) is 0 Å². The first-order chi connectivity index (χ1) is 15.3. The van der Waals surface area contributed by atoms with Gasteiger partial charge in [-0.2, -0.15) is 4.39 Å². The Morgan fingerprint density at radius 2 is 1.38 bits per heavy atom. The Balaban J connectivity index is 1.94. The molecule has 0 aromatic heterocycles. The van der Waals surface area contributed by atoms with Crippen molar-refractivity contribution in [2.75, 3.05) is 6.61 Å². The van der Waals surface area contributed by atoms with Crippen LogP contribution in [0, 0.1) is 29.1 Å². The molecule has 0 spiro atoms. The fourth-order valence-electron chi connectivity index (χ4n) is 3.33.